The Morgan fingerprint density at radius 2 is 2.10 bits per heavy atom. The van der Waals surface area contributed by atoms with Crippen molar-refractivity contribution in [3.63, 3.8) is 0 Å². The molecule has 0 amide bonds. The van der Waals surface area contributed by atoms with Gasteiger partial charge in [-0.25, -0.2) is 9.97 Å². The Hall–Kier alpha value is -1.39. The molecule has 0 radical (unpaired) electrons. The van der Waals surface area contributed by atoms with Crippen molar-refractivity contribution in [1.82, 2.24) is 9.97 Å². The van der Waals surface area contributed by atoms with Crippen molar-refractivity contribution in [2.45, 2.75) is 31.7 Å². The average Bonchev–Trinajstić information content (AvgIpc) is 3.27. The summed E-state index contributed by atoms with van der Waals surface area (Å²) in [6, 6.07) is 6.34. The van der Waals surface area contributed by atoms with Crippen molar-refractivity contribution >= 4 is 28.3 Å². The third kappa shape index (κ3) is 2.86. The van der Waals surface area contributed by atoms with Gasteiger partial charge in [0.2, 0.25) is 0 Å². The van der Waals surface area contributed by atoms with Crippen molar-refractivity contribution in [1.29, 1.82) is 0 Å². The number of nitrogens with zero attached hydrogens (tertiary/aromatic N) is 3. The van der Waals surface area contributed by atoms with Gasteiger partial charge in [0.1, 0.15) is 12.1 Å². The molecule has 1 aromatic heterocycles. The van der Waals surface area contributed by atoms with E-state index in [1.165, 1.54) is 12.8 Å². The van der Waals surface area contributed by atoms with Crippen LogP contribution in [0.1, 0.15) is 25.7 Å². The van der Waals surface area contributed by atoms with Crippen LogP contribution in [-0.4, -0.2) is 34.3 Å². The number of anilines is 1. The van der Waals surface area contributed by atoms with Gasteiger partial charge in [-0.2, -0.15) is 0 Å². The standard InChI is InChI=1S/C15H18ClN3O/c16-11-3-6-13-14(9-11)17-10-18-15(13)19(12-4-5-12)7-1-2-8-20/h3,6,9-10,12,20H,1-2,4-5,7-8H2. The number of aromatic nitrogens is 2. The second-order valence-corrected chi connectivity index (χ2v) is 5.65. The number of rotatable bonds is 6. The number of benzene rings is 1. The van der Waals surface area contributed by atoms with Gasteiger partial charge in [-0.3, -0.25) is 0 Å². The van der Waals surface area contributed by atoms with Crippen molar-refractivity contribution < 1.29 is 5.11 Å². The normalized spacial score (nSPS) is 14.7. The molecule has 1 aliphatic carbocycles. The summed E-state index contributed by atoms with van der Waals surface area (Å²) in [5.41, 5.74) is 0.885. The van der Waals surface area contributed by atoms with Gasteiger partial charge in [-0.05, 0) is 43.9 Å². The number of aliphatic hydroxyl groups excluding tert-OH is 1. The minimum atomic E-state index is 0.249. The van der Waals surface area contributed by atoms with Gasteiger partial charge < -0.3 is 10.0 Å². The summed E-state index contributed by atoms with van der Waals surface area (Å²) in [7, 11) is 0. The van der Waals surface area contributed by atoms with Crippen LogP contribution in [-0.2, 0) is 0 Å². The quantitative estimate of drug-likeness (QED) is 0.831. The van der Waals surface area contributed by atoms with Gasteiger partial charge in [0.25, 0.3) is 0 Å². The van der Waals surface area contributed by atoms with Crippen LogP contribution in [0, 0.1) is 0 Å². The summed E-state index contributed by atoms with van der Waals surface area (Å²) < 4.78 is 0. The topological polar surface area (TPSA) is 49.2 Å². The average molecular weight is 292 g/mol. The third-order valence-electron chi connectivity index (χ3n) is 3.64. The monoisotopic (exact) mass is 291 g/mol. The van der Waals surface area contributed by atoms with E-state index in [0.29, 0.717) is 11.1 Å². The molecular formula is C15H18ClN3O. The number of hydrogen-bond acceptors (Lipinski definition) is 4. The van der Waals surface area contributed by atoms with Gasteiger partial charge >= 0.3 is 0 Å². The first-order chi connectivity index (χ1) is 9.79. The molecule has 1 heterocycles. The zero-order chi connectivity index (χ0) is 13.9. The van der Waals surface area contributed by atoms with Gasteiger partial charge in [-0.15, -0.1) is 0 Å². The van der Waals surface area contributed by atoms with Crippen molar-refractivity contribution in [2.75, 3.05) is 18.1 Å². The van der Waals surface area contributed by atoms with E-state index in [4.69, 9.17) is 16.7 Å². The zero-order valence-electron chi connectivity index (χ0n) is 11.3. The van der Waals surface area contributed by atoms with Crippen LogP contribution >= 0.6 is 11.6 Å². The Balaban J connectivity index is 1.93. The maximum Gasteiger partial charge on any atom is 0.140 e. The van der Waals surface area contributed by atoms with Gasteiger partial charge in [0.05, 0.1) is 5.52 Å². The molecule has 106 valence electrons. The molecule has 2 aromatic rings. The molecule has 1 fully saturated rings. The highest BCUT2D eigenvalue weighted by Crippen LogP contribution is 2.34. The van der Waals surface area contributed by atoms with Gasteiger partial charge in [-0.1, -0.05) is 11.6 Å². The van der Waals surface area contributed by atoms with E-state index in [1.54, 1.807) is 6.33 Å². The van der Waals surface area contributed by atoms with Crippen LogP contribution < -0.4 is 4.90 Å². The molecule has 0 spiro atoms. The molecule has 1 N–H and O–H groups in total. The summed E-state index contributed by atoms with van der Waals surface area (Å²) in [6.07, 6.45) is 5.86. The zero-order valence-corrected chi connectivity index (χ0v) is 12.1. The lowest BCUT2D eigenvalue weighted by Crippen LogP contribution is -2.28. The van der Waals surface area contributed by atoms with E-state index in [9.17, 15) is 0 Å². The second kappa shape index (κ2) is 5.94. The number of halogens is 1. The summed E-state index contributed by atoms with van der Waals surface area (Å²) in [5, 5.41) is 10.7. The molecule has 0 bridgehead atoms. The predicted molar refractivity (Wildman–Crippen MR) is 81.2 cm³/mol. The molecule has 1 saturated carbocycles. The number of aliphatic hydroxyl groups is 1. The molecule has 0 aliphatic heterocycles. The molecule has 5 heteroatoms. The molecule has 1 aliphatic rings. The molecule has 1 aromatic carbocycles. The summed E-state index contributed by atoms with van der Waals surface area (Å²) >= 11 is 6.03. The van der Waals surface area contributed by atoms with E-state index in [0.717, 1.165) is 36.1 Å². The lowest BCUT2D eigenvalue weighted by Gasteiger charge is -2.24. The number of unbranched alkanes of at least 4 members (excludes halogenated alkanes) is 1. The Morgan fingerprint density at radius 1 is 1.25 bits per heavy atom. The molecular weight excluding hydrogens is 274 g/mol. The lowest BCUT2D eigenvalue weighted by molar-refractivity contribution is 0.285. The minimum Gasteiger partial charge on any atom is -0.396 e. The Labute approximate surface area is 123 Å². The third-order valence-corrected chi connectivity index (χ3v) is 3.88. The van der Waals surface area contributed by atoms with Crippen molar-refractivity contribution in [2.24, 2.45) is 0 Å². The second-order valence-electron chi connectivity index (χ2n) is 5.21. The smallest absolute Gasteiger partial charge is 0.140 e. The summed E-state index contributed by atoms with van der Waals surface area (Å²) in [4.78, 5) is 11.1. The van der Waals surface area contributed by atoms with E-state index in [1.807, 2.05) is 18.2 Å². The first-order valence-corrected chi connectivity index (χ1v) is 7.45. The summed E-state index contributed by atoms with van der Waals surface area (Å²) in [5.74, 6) is 0.993. The first kappa shape index (κ1) is 13.6. The molecule has 0 unspecified atom stereocenters. The number of fused-ring (bicyclic) bond motifs is 1. The minimum absolute atomic E-state index is 0.249. The van der Waals surface area contributed by atoms with Gasteiger partial charge in [0, 0.05) is 29.6 Å². The highest BCUT2D eigenvalue weighted by molar-refractivity contribution is 6.31. The highest BCUT2D eigenvalue weighted by atomic mass is 35.5. The van der Waals surface area contributed by atoms with Crippen LogP contribution in [0.5, 0.6) is 0 Å². The van der Waals surface area contributed by atoms with Crippen LogP contribution in [0.4, 0.5) is 5.82 Å². The van der Waals surface area contributed by atoms with E-state index in [-0.39, 0.29) is 6.61 Å². The Morgan fingerprint density at radius 3 is 2.85 bits per heavy atom. The van der Waals surface area contributed by atoms with Crippen LogP contribution in [0.15, 0.2) is 24.5 Å². The molecule has 3 rings (SSSR count). The first-order valence-electron chi connectivity index (χ1n) is 7.07. The van der Waals surface area contributed by atoms with Crippen LogP contribution in [0.3, 0.4) is 0 Å². The van der Waals surface area contributed by atoms with E-state index in [2.05, 4.69) is 14.9 Å². The fourth-order valence-corrected chi connectivity index (χ4v) is 2.65. The van der Waals surface area contributed by atoms with Crippen molar-refractivity contribution in [3.8, 4) is 0 Å². The maximum atomic E-state index is 8.95. The SMILES string of the molecule is OCCCCN(c1ncnc2cc(Cl)ccc12)C1CC1. The highest BCUT2D eigenvalue weighted by Gasteiger charge is 2.30. The van der Waals surface area contributed by atoms with E-state index < -0.39 is 0 Å². The lowest BCUT2D eigenvalue weighted by atomic mass is 10.2. The largest absolute Gasteiger partial charge is 0.396 e. The summed E-state index contributed by atoms with van der Waals surface area (Å²) in [6.45, 7) is 1.18. The van der Waals surface area contributed by atoms with Gasteiger partial charge in [0.15, 0.2) is 0 Å². The molecule has 20 heavy (non-hydrogen) atoms. The Kier molecular flexibility index (Phi) is 4.03. The Bertz CT molecular complexity index is 601. The van der Waals surface area contributed by atoms with Crippen LogP contribution in [0.25, 0.3) is 10.9 Å². The number of hydrogen-bond donors (Lipinski definition) is 1. The fraction of sp³-hybridized carbons (Fsp3) is 0.467. The predicted octanol–water partition coefficient (Wildman–Crippen LogP) is 3.02. The van der Waals surface area contributed by atoms with E-state index >= 15 is 0 Å². The molecule has 0 atom stereocenters. The van der Waals surface area contributed by atoms with Crippen LogP contribution in [0.2, 0.25) is 5.02 Å². The molecule has 4 nitrogen and oxygen atoms in total. The fourth-order valence-electron chi connectivity index (χ4n) is 2.49. The molecule has 0 saturated heterocycles. The maximum absolute atomic E-state index is 8.95. The van der Waals surface area contributed by atoms with Crippen molar-refractivity contribution in [3.05, 3.63) is 29.5 Å².